The number of aryl methyl sites for hydroxylation is 1. The molecule has 15 nitrogen and oxygen atoms in total. The number of aromatic nitrogens is 1. The van der Waals surface area contributed by atoms with Crippen LogP contribution in [0.25, 0.3) is 0 Å². The van der Waals surface area contributed by atoms with Gasteiger partial charge in [-0.1, -0.05) is 29.8 Å². The van der Waals surface area contributed by atoms with Gasteiger partial charge in [-0.3, -0.25) is 4.72 Å². The van der Waals surface area contributed by atoms with Crippen molar-refractivity contribution in [2.45, 2.75) is 90.5 Å². The normalized spacial score (nSPS) is 21.1. The predicted octanol–water partition coefficient (Wildman–Crippen LogP) is 7.67. The molecule has 5 heterocycles. The monoisotopic (exact) mass is 993 g/mol. The van der Waals surface area contributed by atoms with E-state index in [1.807, 2.05) is 72.4 Å². The smallest absolute Gasteiger partial charge is 0.365 e. The van der Waals surface area contributed by atoms with Crippen LogP contribution < -0.4 is 14.0 Å². The lowest BCUT2D eigenvalue weighted by atomic mass is 9.79. The molecule has 1 saturated heterocycles. The molecule has 3 unspecified atom stereocenters. The highest BCUT2D eigenvalue weighted by atomic mass is 32.2. The van der Waals surface area contributed by atoms with Crippen LogP contribution in [0.15, 0.2) is 118 Å². The Morgan fingerprint density at radius 1 is 0.971 bits per heavy atom. The number of piperidine rings is 1. The Labute approximate surface area is 410 Å². The number of rotatable bonds is 14. The van der Waals surface area contributed by atoms with Crippen LogP contribution in [0.5, 0.6) is 0 Å². The van der Waals surface area contributed by atoms with Gasteiger partial charge in [0.1, 0.15) is 24.6 Å². The average Bonchev–Trinajstić information content (AvgIpc) is 3.71. The number of hydrogen-bond acceptors (Lipinski definition) is 13. The number of carbonyl (C=O) groups excluding carboxylic acids is 1. The molecule has 4 aliphatic heterocycles. The van der Waals surface area contributed by atoms with Crippen molar-refractivity contribution in [3.8, 4) is 23.7 Å². The molecule has 0 bridgehead atoms. The van der Waals surface area contributed by atoms with E-state index < -0.39 is 42.3 Å². The molecule has 7 rings (SSSR count). The lowest BCUT2D eigenvalue weighted by Gasteiger charge is -2.44. The first kappa shape index (κ1) is 51.0. The van der Waals surface area contributed by atoms with Gasteiger partial charge in [0.05, 0.1) is 76.2 Å². The molecule has 2 aromatic carbocycles. The van der Waals surface area contributed by atoms with Crippen LogP contribution in [-0.2, 0) is 50.9 Å². The Kier molecular flexibility index (Phi) is 15.3. The molecule has 4 aliphatic rings. The van der Waals surface area contributed by atoms with Crippen molar-refractivity contribution >= 4 is 67.1 Å². The summed E-state index contributed by atoms with van der Waals surface area (Å²) in [5, 5.41) is -1.10. The number of amidine groups is 1. The second-order valence-electron chi connectivity index (χ2n) is 18.4. The first-order valence-electron chi connectivity index (χ1n) is 22.6. The lowest BCUT2D eigenvalue weighted by molar-refractivity contribution is -0.813. The van der Waals surface area contributed by atoms with Crippen LogP contribution in [-0.4, -0.2) is 81.2 Å². The number of anilines is 2. The molecule has 1 aromatic heterocycles. The molecule has 1 fully saturated rings. The van der Waals surface area contributed by atoms with Crippen molar-refractivity contribution in [2.75, 3.05) is 36.0 Å². The third kappa shape index (κ3) is 11.6. The van der Waals surface area contributed by atoms with Gasteiger partial charge < -0.3 is 14.0 Å². The second-order valence-corrected chi connectivity index (χ2v) is 22.4. The second kappa shape index (κ2) is 20.6. The zero-order chi connectivity index (χ0) is 49.8. The number of aliphatic imine (C=N–C) groups is 2. The topological polar surface area (TPSA) is 189 Å². The number of pyridine rings is 1. The maximum atomic E-state index is 13.8. The summed E-state index contributed by atoms with van der Waals surface area (Å²) >= 11 is 0.939. The Morgan fingerprint density at radius 2 is 1.64 bits per heavy atom. The van der Waals surface area contributed by atoms with Gasteiger partial charge in [-0.05, 0) is 132 Å². The quantitative estimate of drug-likeness (QED) is 0.0154. The van der Waals surface area contributed by atoms with Gasteiger partial charge in [0, 0.05) is 46.3 Å². The third-order valence-corrected chi connectivity index (χ3v) is 15.0. The number of carbonyl (C=O) groups is 1. The van der Waals surface area contributed by atoms with Crippen LogP contribution in [0, 0.1) is 29.1 Å². The van der Waals surface area contributed by atoms with Crippen molar-refractivity contribution in [2.24, 2.45) is 15.4 Å². The van der Waals surface area contributed by atoms with Crippen molar-refractivity contribution < 1.29 is 49.2 Å². The van der Waals surface area contributed by atoms with E-state index in [2.05, 4.69) is 71.8 Å². The number of fused-ring (bicyclic) bond motifs is 3. The highest BCUT2D eigenvalue weighted by Crippen LogP contribution is 2.49. The molecule has 18 heteroatoms. The van der Waals surface area contributed by atoms with Crippen LogP contribution in [0.2, 0.25) is 0 Å². The predicted molar refractivity (Wildman–Crippen MR) is 268 cm³/mol. The van der Waals surface area contributed by atoms with E-state index >= 15 is 0 Å². The Balaban J connectivity index is 1.22. The first-order valence-corrected chi connectivity index (χ1v) is 26.7. The van der Waals surface area contributed by atoms with E-state index in [4.69, 9.17) is 19.1 Å². The highest BCUT2D eigenvalue weighted by molar-refractivity contribution is 7.95. The van der Waals surface area contributed by atoms with Gasteiger partial charge in [0.2, 0.25) is 15.9 Å². The molecule has 3 atom stereocenters. The fraction of sp³-hybridized carbons (Fsp3) is 0.373. The fourth-order valence-corrected chi connectivity index (χ4v) is 10.1. The van der Waals surface area contributed by atoms with Gasteiger partial charge in [0.15, 0.2) is 11.8 Å². The zero-order valence-electron chi connectivity index (χ0n) is 40.0. The van der Waals surface area contributed by atoms with Crippen LogP contribution >= 0.6 is 12.2 Å². The Hall–Kier alpha value is -5.83. The number of allylic oxidation sites excluding steroid dienone is 6. The summed E-state index contributed by atoms with van der Waals surface area (Å²) in [5.74, 6) is 14.3. The van der Waals surface area contributed by atoms with Gasteiger partial charge in [-0.2, -0.15) is 4.99 Å². The lowest BCUT2D eigenvalue weighted by Crippen LogP contribution is -2.62. The summed E-state index contributed by atoms with van der Waals surface area (Å²) in [6.45, 7) is 12.7. The number of benzene rings is 2. The Bertz CT molecular complexity index is 3060. The molecule has 2 N–H and O–H groups in total. The molecule has 69 heavy (non-hydrogen) atoms. The molecule has 1 spiro atoms. The molecule has 3 aromatic rings. The third-order valence-electron chi connectivity index (χ3n) is 12.7. The molecule has 0 radical (unpaired) electrons. The minimum atomic E-state index is -4.50. The number of ether oxygens (including phenoxy) is 1. The van der Waals surface area contributed by atoms with Gasteiger partial charge >= 0.3 is 11.8 Å². The number of esters is 1. The van der Waals surface area contributed by atoms with Crippen molar-refractivity contribution in [1.29, 1.82) is 0 Å². The largest absolute Gasteiger partial charge is 0.748 e. The number of sulfonamides is 1. The van der Waals surface area contributed by atoms with Crippen molar-refractivity contribution in [1.82, 2.24) is 0 Å². The number of quaternary nitrogens is 1. The van der Waals surface area contributed by atoms with Gasteiger partial charge in [-0.25, -0.2) is 35.6 Å². The highest BCUT2D eigenvalue weighted by Gasteiger charge is 2.56. The van der Waals surface area contributed by atoms with E-state index in [0.29, 0.717) is 35.6 Å². The summed E-state index contributed by atoms with van der Waals surface area (Å²) in [6.07, 6.45) is 15.4. The maximum absolute atomic E-state index is 13.8. The van der Waals surface area contributed by atoms with E-state index in [1.54, 1.807) is 24.3 Å². The molecular weight excluding hydrogens is 937 g/mol. The Morgan fingerprint density at radius 3 is 2.29 bits per heavy atom. The summed E-state index contributed by atoms with van der Waals surface area (Å²) in [4.78, 5) is 28.8. The van der Waals surface area contributed by atoms with Crippen molar-refractivity contribution in [3.63, 3.8) is 0 Å². The summed E-state index contributed by atoms with van der Waals surface area (Å²) in [6, 6.07) is 15.8. The first-order chi connectivity index (χ1) is 32.6. The minimum absolute atomic E-state index is 0.0921. The molecule has 0 aliphatic carbocycles. The van der Waals surface area contributed by atoms with Crippen LogP contribution in [0.4, 0.5) is 17.2 Å². The maximum Gasteiger partial charge on any atom is 0.365 e. The van der Waals surface area contributed by atoms with E-state index in [-0.39, 0.29) is 30.0 Å². The average molecular weight is 994 g/mol. The van der Waals surface area contributed by atoms with E-state index in [0.717, 1.165) is 76.5 Å². The minimum Gasteiger partial charge on any atom is -0.748 e. The number of nitrogens with one attached hydrogen (secondary N) is 2. The standard InChI is InChI=1S/C51H57N6O9S3/c1-9-65-49(58)44-13-10-11-30-57(44)34-39(19-17-37-22-26-41(27-23-37)55-68(8,59)60)32-43-48(57)53-46(51(43,5)6)15-12-14-45-50(3,4)42-31-38(18-16-36-20-24-40(25-21-36)54-67-66-64-7)33-56(47(42)52-45)29-28-35(2)69(61,62)63/h12,14-15,20-27,31-35,44,54-55H,9-11,13,28-30H2,1-8H3/q+1. The molecular formula is C51H57N6O9S3+. The SMILES string of the molecule is CCOC(=O)C1CCCC[N+]12C=C(C#Cc1ccc(NS(C)(=O)=O)cc1)C=C1C2=N/C(=C\C=C\C2=Nc3c(cc(C#Cc4ccc(NSOOC)cc4)c[n+]3CCC(C)S(=O)(=O)[O-])C2(C)C)C1(C)C. The van der Waals surface area contributed by atoms with Gasteiger partial charge in [0.25, 0.3) is 0 Å². The fourth-order valence-electron chi connectivity index (χ4n) is 8.80. The van der Waals surface area contributed by atoms with Gasteiger partial charge in [-0.15, -0.1) is 4.33 Å². The molecule has 0 amide bonds. The van der Waals surface area contributed by atoms with Crippen molar-refractivity contribution in [3.05, 3.63) is 130 Å². The zero-order valence-corrected chi connectivity index (χ0v) is 42.4. The number of nitrogens with zero attached hydrogens (tertiary/aromatic N) is 4. The summed E-state index contributed by atoms with van der Waals surface area (Å²) < 4.78 is 77.3. The summed E-state index contributed by atoms with van der Waals surface area (Å²) in [5.41, 5.74) is 6.35. The molecule has 362 valence electrons. The van der Waals surface area contributed by atoms with E-state index in [9.17, 15) is 26.2 Å². The molecule has 0 saturated carbocycles. The van der Waals surface area contributed by atoms with Crippen LogP contribution in [0.3, 0.4) is 0 Å². The van der Waals surface area contributed by atoms with E-state index in [1.165, 1.54) is 14.0 Å². The number of hydrogen-bond donors (Lipinski definition) is 2. The summed E-state index contributed by atoms with van der Waals surface area (Å²) in [7, 11) is -6.51. The van der Waals surface area contributed by atoms with Crippen LogP contribution in [0.1, 0.15) is 89.5 Å².